The van der Waals surface area contributed by atoms with Gasteiger partial charge in [0.05, 0.1) is 17.7 Å². The van der Waals surface area contributed by atoms with Gasteiger partial charge in [-0.1, -0.05) is 0 Å². The largest absolute Gasteiger partial charge is 0.334 e. The van der Waals surface area contributed by atoms with Crippen molar-refractivity contribution in [2.45, 2.75) is 39.3 Å². The number of imidazole rings is 1. The van der Waals surface area contributed by atoms with E-state index in [1.165, 1.54) is 12.8 Å². The van der Waals surface area contributed by atoms with Crippen LogP contribution in [0, 0.1) is 6.92 Å². The maximum absolute atomic E-state index is 4.47. The van der Waals surface area contributed by atoms with Gasteiger partial charge in [0.2, 0.25) is 0 Å². The van der Waals surface area contributed by atoms with Gasteiger partial charge in [-0.2, -0.15) is 5.10 Å². The fraction of sp³-hybridized carbons (Fsp3) is 0.500. The van der Waals surface area contributed by atoms with E-state index >= 15 is 0 Å². The summed E-state index contributed by atoms with van der Waals surface area (Å²) in [6.07, 6.45) is 8.75. The molecule has 1 fully saturated rings. The number of aryl methyl sites for hydroxylation is 2. The minimum atomic E-state index is 0.697. The third-order valence-corrected chi connectivity index (χ3v) is 3.12. The van der Waals surface area contributed by atoms with Crippen LogP contribution in [-0.4, -0.2) is 19.3 Å². The summed E-state index contributed by atoms with van der Waals surface area (Å²) in [5.41, 5.74) is 3.26. The summed E-state index contributed by atoms with van der Waals surface area (Å²) in [6, 6.07) is 0.697. The van der Waals surface area contributed by atoms with Gasteiger partial charge < -0.3 is 4.57 Å². The van der Waals surface area contributed by atoms with Crippen molar-refractivity contribution in [1.29, 1.82) is 0 Å². The minimum Gasteiger partial charge on any atom is -0.334 e. The second-order valence-corrected chi connectivity index (χ2v) is 4.42. The van der Waals surface area contributed by atoms with E-state index in [-0.39, 0.29) is 0 Å². The third kappa shape index (κ3) is 1.54. The van der Waals surface area contributed by atoms with E-state index in [0.717, 1.165) is 23.5 Å². The van der Waals surface area contributed by atoms with Crippen LogP contribution in [0.5, 0.6) is 0 Å². The van der Waals surface area contributed by atoms with Gasteiger partial charge in [0.1, 0.15) is 0 Å². The van der Waals surface area contributed by atoms with Crippen molar-refractivity contribution in [2.75, 3.05) is 0 Å². The van der Waals surface area contributed by atoms with Gasteiger partial charge in [0, 0.05) is 30.5 Å². The van der Waals surface area contributed by atoms with E-state index in [1.54, 1.807) is 0 Å². The summed E-state index contributed by atoms with van der Waals surface area (Å²) in [6.45, 7) is 5.04. The highest BCUT2D eigenvalue weighted by atomic mass is 15.3. The second kappa shape index (κ2) is 3.47. The molecule has 0 amide bonds. The molecule has 0 saturated heterocycles. The summed E-state index contributed by atoms with van der Waals surface area (Å²) in [5, 5.41) is 4.44. The number of hydrogen-bond donors (Lipinski definition) is 0. The molecule has 4 heteroatoms. The van der Waals surface area contributed by atoms with Crippen LogP contribution >= 0.6 is 0 Å². The molecular formula is C12H16N4. The predicted octanol–water partition coefficient (Wildman–Crippen LogP) is 2.41. The second-order valence-electron chi connectivity index (χ2n) is 4.42. The van der Waals surface area contributed by atoms with Crippen LogP contribution in [0.3, 0.4) is 0 Å². The normalized spacial score (nSPS) is 15.6. The first-order valence-electron chi connectivity index (χ1n) is 5.86. The molecule has 3 rings (SSSR count). The Morgan fingerprint density at radius 2 is 2.19 bits per heavy atom. The first kappa shape index (κ1) is 9.63. The molecule has 0 aromatic carbocycles. The van der Waals surface area contributed by atoms with Crippen molar-refractivity contribution in [3.63, 3.8) is 0 Å². The highest BCUT2D eigenvalue weighted by Gasteiger charge is 2.23. The number of hydrogen-bond acceptors (Lipinski definition) is 2. The van der Waals surface area contributed by atoms with Crippen molar-refractivity contribution in [2.24, 2.45) is 0 Å². The van der Waals surface area contributed by atoms with Crippen LogP contribution in [0.1, 0.15) is 31.5 Å². The lowest BCUT2D eigenvalue weighted by molar-refractivity contribution is 0.653. The van der Waals surface area contributed by atoms with Gasteiger partial charge >= 0.3 is 0 Å². The van der Waals surface area contributed by atoms with Crippen LogP contribution < -0.4 is 0 Å². The Labute approximate surface area is 94.9 Å². The molecule has 1 saturated carbocycles. The number of rotatable bonds is 3. The highest BCUT2D eigenvalue weighted by Crippen LogP contribution is 2.35. The molecule has 0 atom stereocenters. The van der Waals surface area contributed by atoms with E-state index in [0.29, 0.717) is 6.04 Å². The molecule has 1 aliphatic carbocycles. The van der Waals surface area contributed by atoms with E-state index in [9.17, 15) is 0 Å². The number of aromatic nitrogens is 4. The average Bonchev–Trinajstić information content (AvgIpc) is 2.89. The van der Waals surface area contributed by atoms with E-state index in [1.807, 2.05) is 17.9 Å². The van der Waals surface area contributed by atoms with Gasteiger partial charge in [-0.05, 0) is 26.7 Å². The molecule has 0 bridgehead atoms. The molecule has 16 heavy (non-hydrogen) atoms. The first-order chi connectivity index (χ1) is 7.78. The molecule has 0 aliphatic heterocycles. The summed E-state index contributed by atoms with van der Waals surface area (Å²) < 4.78 is 4.18. The van der Waals surface area contributed by atoms with Crippen molar-refractivity contribution in [3.05, 3.63) is 24.4 Å². The maximum atomic E-state index is 4.47. The Bertz CT molecular complexity index is 505. The summed E-state index contributed by atoms with van der Waals surface area (Å²) in [4.78, 5) is 4.47. The lowest BCUT2D eigenvalue weighted by Crippen LogP contribution is -1.93. The fourth-order valence-electron chi connectivity index (χ4n) is 1.98. The molecule has 0 radical (unpaired) electrons. The quantitative estimate of drug-likeness (QED) is 0.789. The smallest absolute Gasteiger partial charge is 0.0956 e. The van der Waals surface area contributed by atoms with Gasteiger partial charge in [0.25, 0.3) is 0 Å². The topological polar surface area (TPSA) is 35.6 Å². The lowest BCUT2D eigenvalue weighted by Gasteiger charge is -1.94. The lowest BCUT2D eigenvalue weighted by atomic mass is 10.2. The minimum absolute atomic E-state index is 0.697. The van der Waals surface area contributed by atoms with Crippen LogP contribution in [0.4, 0.5) is 0 Å². The van der Waals surface area contributed by atoms with Crippen LogP contribution in [0.2, 0.25) is 0 Å². The highest BCUT2D eigenvalue weighted by molar-refractivity contribution is 5.60. The molecule has 4 nitrogen and oxygen atoms in total. The Morgan fingerprint density at radius 1 is 1.38 bits per heavy atom. The Hall–Kier alpha value is -1.58. The molecule has 2 aromatic heterocycles. The van der Waals surface area contributed by atoms with Crippen LogP contribution in [0.15, 0.2) is 18.7 Å². The Kier molecular flexibility index (Phi) is 2.09. The average molecular weight is 216 g/mol. The molecular weight excluding hydrogens is 200 g/mol. The van der Waals surface area contributed by atoms with Gasteiger partial charge in [0.15, 0.2) is 0 Å². The molecule has 1 aliphatic rings. The van der Waals surface area contributed by atoms with Crippen LogP contribution in [0.25, 0.3) is 11.3 Å². The molecule has 0 spiro atoms. The monoisotopic (exact) mass is 216 g/mol. The predicted molar refractivity (Wildman–Crippen MR) is 62.1 cm³/mol. The summed E-state index contributed by atoms with van der Waals surface area (Å²) >= 11 is 0. The Balaban J connectivity index is 1.96. The zero-order valence-electron chi connectivity index (χ0n) is 9.72. The molecule has 0 unspecified atom stereocenters. The maximum Gasteiger partial charge on any atom is 0.0956 e. The standard InChI is InChI=1S/C12H16N4/c1-3-16-6-11(9(2)14-16)12-7-15(8-13-12)10-4-5-10/h6-8,10H,3-5H2,1-2H3. The zero-order valence-corrected chi connectivity index (χ0v) is 9.72. The van der Waals surface area contributed by atoms with Gasteiger partial charge in [-0.25, -0.2) is 4.98 Å². The first-order valence-corrected chi connectivity index (χ1v) is 5.86. The number of nitrogens with zero attached hydrogens (tertiary/aromatic N) is 4. The Morgan fingerprint density at radius 3 is 2.81 bits per heavy atom. The zero-order chi connectivity index (χ0) is 11.1. The SMILES string of the molecule is CCn1cc(-c2cn(C3CC3)cn2)c(C)n1. The van der Waals surface area contributed by atoms with Gasteiger partial charge in [-0.15, -0.1) is 0 Å². The molecule has 84 valence electrons. The molecule has 2 aromatic rings. The molecule has 0 N–H and O–H groups in total. The van der Waals surface area contributed by atoms with Crippen molar-refractivity contribution < 1.29 is 0 Å². The van der Waals surface area contributed by atoms with E-state index in [4.69, 9.17) is 0 Å². The van der Waals surface area contributed by atoms with Crippen molar-refractivity contribution >= 4 is 0 Å². The molecule has 2 heterocycles. The van der Waals surface area contributed by atoms with Crippen LogP contribution in [-0.2, 0) is 6.54 Å². The van der Waals surface area contributed by atoms with Crippen molar-refractivity contribution in [3.8, 4) is 11.3 Å². The van der Waals surface area contributed by atoms with E-state index < -0.39 is 0 Å². The third-order valence-electron chi connectivity index (χ3n) is 3.12. The van der Waals surface area contributed by atoms with Crippen molar-refractivity contribution in [1.82, 2.24) is 19.3 Å². The van der Waals surface area contributed by atoms with E-state index in [2.05, 4.69) is 34.0 Å². The fourth-order valence-corrected chi connectivity index (χ4v) is 1.98. The van der Waals surface area contributed by atoms with Gasteiger partial charge in [-0.3, -0.25) is 4.68 Å². The summed E-state index contributed by atoms with van der Waals surface area (Å²) in [5.74, 6) is 0. The summed E-state index contributed by atoms with van der Waals surface area (Å²) in [7, 11) is 0.